The molecular weight excluding hydrogens is 270 g/mol. The van der Waals surface area contributed by atoms with Crippen LogP contribution in [0, 0.1) is 0 Å². The molecule has 0 aliphatic rings. The van der Waals surface area contributed by atoms with E-state index in [1.54, 1.807) is 12.1 Å². The van der Waals surface area contributed by atoms with Gasteiger partial charge in [-0.2, -0.15) is 0 Å². The molecule has 96 valence electrons. The fourth-order valence-corrected chi connectivity index (χ4v) is 2.72. The number of nitrogens with one attached hydrogen (secondary N) is 1. The second-order valence-corrected chi connectivity index (χ2v) is 5.89. The molecule has 0 aliphatic carbocycles. The Hall–Kier alpha value is -1.23. The molecule has 0 saturated carbocycles. The topological polar surface area (TPSA) is 52.5 Å². The summed E-state index contributed by atoms with van der Waals surface area (Å²) < 4.78 is 0.773. The first-order valence-corrected chi connectivity index (χ1v) is 6.74. The summed E-state index contributed by atoms with van der Waals surface area (Å²) in [5, 5.41) is 22.2. The molecule has 1 aromatic carbocycles. The molecule has 2 aromatic rings. The molecule has 0 spiro atoms. The predicted molar refractivity (Wildman–Crippen MR) is 74.4 cm³/mol. The number of rotatable bonds is 4. The van der Waals surface area contributed by atoms with E-state index in [-0.39, 0.29) is 17.5 Å². The van der Waals surface area contributed by atoms with Crippen molar-refractivity contribution in [3.8, 4) is 11.5 Å². The molecular formula is C13H14ClNO2S. The number of halogens is 1. The maximum atomic E-state index is 9.43. The van der Waals surface area contributed by atoms with Crippen molar-refractivity contribution >= 4 is 22.9 Å². The van der Waals surface area contributed by atoms with Crippen molar-refractivity contribution < 1.29 is 10.2 Å². The quantitative estimate of drug-likeness (QED) is 0.802. The second-order valence-electron chi connectivity index (χ2n) is 4.09. The third-order valence-electron chi connectivity index (χ3n) is 2.64. The van der Waals surface area contributed by atoms with Crippen molar-refractivity contribution in [1.29, 1.82) is 0 Å². The molecule has 1 atom stereocenters. The smallest absolute Gasteiger partial charge is 0.119 e. The molecule has 0 fully saturated rings. The standard InChI is InChI=1S/C13H14ClNO2S/c1-8(9-4-10(16)6-11(17)5-9)15-7-12-2-3-13(14)18-12/h2-6,8,15-17H,7H2,1H3. The fraction of sp³-hybridized carbons (Fsp3) is 0.231. The highest BCUT2D eigenvalue weighted by atomic mass is 35.5. The number of thiophene rings is 1. The summed E-state index contributed by atoms with van der Waals surface area (Å²) in [7, 11) is 0. The van der Waals surface area contributed by atoms with Gasteiger partial charge >= 0.3 is 0 Å². The molecule has 18 heavy (non-hydrogen) atoms. The van der Waals surface area contributed by atoms with E-state index >= 15 is 0 Å². The van der Waals surface area contributed by atoms with E-state index in [0.717, 1.165) is 14.8 Å². The molecule has 0 amide bonds. The lowest BCUT2D eigenvalue weighted by Gasteiger charge is -2.14. The summed E-state index contributed by atoms with van der Waals surface area (Å²) in [6, 6.07) is 8.47. The number of aromatic hydroxyl groups is 2. The van der Waals surface area contributed by atoms with Crippen LogP contribution in [0.1, 0.15) is 23.4 Å². The zero-order chi connectivity index (χ0) is 13.1. The summed E-state index contributed by atoms with van der Waals surface area (Å²) >= 11 is 7.39. The Bertz CT molecular complexity index is 521. The molecule has 1 unspecified atom stereocenters. The molecule has 0 radical (unpaired) electrons. The first kappa shape index (κ1) is 13.2. The Morgan fingerprint density at radius 1 is 1.22 bits per heavy atom. The maximum Gasteiger partial charge on any atom is 0.119 e. The Kier molecular flexibility index (Phi) is 4.11. The number of phenolic OH excluding ortho intramolecular Hbond substituents is 2. The lowest BCUT2D eigenvalue weighted by atomic mass is 10.1. The van der Waals surface area contributed by atoms with Crippen LogP contribution in [0.2, 0.25) is 4.34 Å². The average molecular weight is 284 g/mol. The summed E-state index contributed by atoms with van der Waals surface area (Å²) in [5.41, 5.74) is 0.843. The minimum Gasteiger partial charge on any atom is -0.508 e. The van der Waals surface area contributed by atoms with E-state index in [2.05, 4.69) is 5.32 Å². The van der Waals surface area contributed by atoms with Gasteiger partial charge in [0.2, 0.25) is 0 Å². The number of phenols is 2. The molecule has 3 nitrogen and oxygen atoms in total. The van der Waals surface area contributed by atoms with E-state index in [9.17, 15) is 10.2 Å². The highest BCUT2D eigenvalue weighted by molar-refractivity contribution is 7.16. The summed E-state index contributed by atoms with van der Waals surface area (Å²) in [6.07, 6.45) is 0. The Morgan fingerprint density at radius 2 is 1.89 bits per heavy atom. The van der Waals surface area contributed by atoms with Gasteiger partial charge in [-0.1, -0.05) is 11.6 Å². The monoisotopic (exact) mass is 283 g/mol. The minimum absolute atomic E-state index is 0.0314. The van der Waals surface area contributed by atoms with E-state index in [1.165, 1.54) is 17.4 Å². The highest BCUT2D eigenvalue weighted by Crippen LogP contribution is 2.26. The number of benzene rings is 1. The van der Waals surface area contributed by atoms with Crippen LogP contribution >= 0.6 is 22.9 Å². The first-order chi connectivity index (χ1) is 8.54. The summed E-state index contributed by atoms with van der Waals surface area (Å²) in [6.45, 7) is 2.68. The predicted octanol–water partition coefficient (Wildman–Crippen LogP) is 3.66. The molecule has 0 bridgehead atoms. The largest absolute Gasteiger partial charge is 0.508 e. The summed E-state index contributed by atoms with van der Waals surface area (Å²) in [5.74, 6) is 0.135. The van der Waals surface area contributed by atoms with E-state index in [1.807, 2.05) is 19.1 Å². The van der Waals surface area contributed by atoms with Gasteiger partial charge in [0.1, 0.15) is 11.5 Å². The molecule has 3 N–H and O–H groups in total. The zero-order valence-corrected chi connectivity index (χ0v) is 11.4. The van der Waals surface area contributed by atoms with Crippen molar-refractivity contribution in [2.75, 3.05) is 0 Å². The van der Waals surface area contributed by atoms with Crippen LogP contribution in [-0.4, -0.2) is 10.2 Å². The van der Waals surface area contributed by atoms with Crippen molar-refractivity contribution in [1.82, 2.24) is 5.32 Å². The Balaban J connectivity index is 2.01. The van der Waals surface area contributed by atoms with Crippen LogP contribution in [0.3, 0.4) is 0 Å². The van der Waals surface area contributed by atoms with Gasteiger partial charge in [-0.15, -0.1) is 11.3 Å². The van der Waals surface area contributed by atoms with Gasteiger partial charge in [-0.3, -0.25) is 0 Å². The lowest BCUT2D eigenvalue weighted by molar-refractivity contribution is 0.446. The van der Waals surface area contributed by atoms with Crippen LogP contribution in [0.15, 0.2) is 30.3 Å². The van der Waals surface area contributed by atoms with Crippen LogP contribution < -0.4 is 5.32 Å². The van der Waals surface area contributed by atoms with Crippen LogP contribution in [0.5, 0.6) is 11.5 Å². The zero-order valence-electron chi connectivity index (χ0n) is 9.85. The van der Waals surface area contributed by atoms with E-state index in [0.29, 0.717) is 6.54 Å². The van der Waals surface area contributed by atoms with Crippen LogP contribution in [0.4, 0.5) is 0 Å². The first-order valence-electron chi connectivity index (χ1n) is 5.55. The van der Waals surface area contributed by atoms with Crippen LogP contribution in [0.25, 0.3) is 0 Å². The van der Waals surface area contributed by atoms with Crippen LogP contribution in [-0.2, 0) is 6.54 Å². The normalized spacial score (nSPS) is 12.6. The van der Waals surface area contributed by atoms with Gasteiger partial charge in [0.05, 0.1) is 4.34 Å². The molecule has 5 heteroatoms. The van der Waals surface area contributed by atoms with E-state index in [4.69, 9.17) is 11.6 Å². The minimum atomic E-state index is 0.0314. The SMILES string of the molecule is CC(NCc1ccc(Cl)s1)c1cc(O)cc(O)c1. The van der Waals surface area contributed by atoms with Gasteiger partial charge in [0.15, 0.2) is 0 Å². The second kappa shape index (κ2) is 5.61. The van der Waals surface area contributed by atoms with Gasteiger partial charge in [0.25, 0.3) is 0 Å². The third-order valence-corrected chi connectivity index (χ3v) is 3.87. The lowest BCUT2D eigenvalue weighted by Crippen LogP contribution is -2.17. The number of hydrogen-bond donors (Lipinski definition) is 3. The third kappa shape index (κ3) is 3.38. The average Bonchev–Trinajstić information content (AvgIpc) is 2.70. The van der Waals surface area contributed by atoms with Crippen molar-refractivity contribution in [2.45, 2.75) is 19.5 Å². The molecule has 0 saturated heterocycles. The molecule has 0 aliphatic heterocycles. The molecule has 1 heterocycles. The Morgan fingerprint density at radius 3 is 2.44 bits per heavy atom. The highest BCUT2D eigenvalue weighted by Gasteiger charge is 2.08. The van der Waals surface area contributed by atoms with Crippen molar-refractivity contribution in [3.05, 3.63) is 45.1 Å². The summed E-state index contributed by atoms with van der Waals surface area (Å²) in [4.78, 5) is 1.15. The van der Waals surface area contributed by atoms with Crippen molar-refractivity contribution in [3.63, 3.8) is 0 Å². The van der Waals surface area contributed by atoms with Gasteiger partial charge in [0, 0.05) is 23.5 Å². The van der Waals surface area contributed by atoms with Crippen molar-refractivity contribution in [2.24, 2.45) is 0 Å². The molecule has 2 rings (SSSR count). The maximum absolute atomic E-state index is 9.43. The number of hydrogen-bond acceptors (Lipinski definition) is 4. The fourth-order valence-electron chi connectivity index (χ4n) is 1.69. The van der Waals surface area contributed by atoms with Gasteiger partial charge in [-0.25, -0.2) is 0 Å². The van der Waals surface area contributed by atoms with Gasteiger partial charge < -0.3 is 15.5 Å². The van der Waals surface area contributed by atoms with Gasteiger partial charge in [-0.05, 0) is 36.8 Å². The Labute approximate surface area is 115 Å². The van der Waals surface area contributed by atoms with E-state index < -0.39 is 0 Å². The molecule has 1 aromatic heterocycles.